The maximum atomic E-state index is 10.5. The second-order valence-electron chi connectivity index (χ2n) is 11.3. The highest BCUT2D eigenvalue weighted by molar-refractivity contribution is 6.24. The molecule has 2 aliphatic heterocycles. The zero-order valence-corrected chi connectivity index (χ0v) is 21.1. The number of benzene rings is 1. The third-order valence-corrected chi connectivity index (χ3v) is 9.77. The Kier molecular flexibility index (Phi) is 5.76. The van der Waals surface area contributed by atoms with Crippen LogP contribution >= 0.6 is 11.6 Å². The molecule has 8 atom stereocenters. The molecular formula is C26H35ClO8. The van der Waals surface area contributed by atoms with Gasteiger partial charge < -0.3 is 29.5 Å². The van der Waals surface area contributed by atoms with E-state index in [0.29, 0.717) is 18.1 Å². The van der Waals surface area contributed by atoms with E-state index in [1.165, 1.54) is 0 Å². The average Bonchev–Trinajstić information content (AvgIpc) is 2.80. The molecule has 1 aromatic rings. The lowest BCUT2D eigenvalue weighted by atomic mass is 9.46. The zero-order valence-electron chi connectivity index (χ0n) is 20.4. The first-order valence-corrected chi connectivity index (χ1v) is 13.1. The predicted octanol–water partition coefficient (Wildman–Crippen LogP) is 2.77. The topological polar surface area (TPSA) is 107 Å². The van der Waals surface area contributed by atoms with Crippen molar-refractivity contribution in [3.05, 3.63) is 29.3 Å². The van der Waals surface area contributed by atoms with Gasteiger partial charge in [-0.3, -0.25) is 0 Å². The van der Waals surface area contributed by atoms with Gasteiger partial charge in [0.05, 0.1) is 6.10 Å². The van der Waals surface area contributed by atoms with Gasteiger partial charge in [-0.15, -0.1) is 11.6 Å². The smallest absolute Gasteiger partial charge is 0.260 e. The van der Waals surface area contributed by atoms with Gasteiger partial charge in [0.25, 0.3) is 5.79 Å². The second kappa shape index (κ2) is 8.27. The fraction of sp³-hybridized carbons (Fsp3) is 0.769. The molecule has 8 unspecified atom stereocenters. The van der Waals surface area contributed by atoms with E-state index in [2.05, 4.69) is 0 Å². The van der Waals surface area contributed by atoms with E-state index in [4.69, 9.17) is 35.6 Å². The lowest BCUT2D eigenvalue weighted by molar-refractivity contribution is -0.645. The fourth-order valence-corrected chi connectivity index (χ4v) is 8.33. The minimum absolute atomic E-state index is 0.156. The molecule has 8 nitrogen and oxygen atoms in total. The number of aliphatic hydroxyl groups is 3. The van der Waals surface area contributed by atoms with Crippen molar-refractivity contribution in [1.29, 1.82) is 0 Å². The van der Waals surface area contributed by atoms with Crippen LogP contribution < -0.4 is 4.74 Å². The number of hydrogen-bond acceptors (Lipinski definition) is 8. The summed E-state index contributed by atoms with van der Waals surface area (Å²) in [7, 11) is 1.65. The number of aliphatic hydroxyl groups excluding tert-OH is 3. The van der Waals surface area contributed by atoms with Crippen molar-refractivity contribution in [2.45, 2.75) is 99.3 Å². The van der Waals surface area contributed by atoms with Crippen LogP contribution in [0.2, 0.25) is 0 Å². The molecule has 35 heavy (non-hydrogen) atoms. The van der Waals surface area contributed by atoms with E-state index in [-0.39, 0.29) is 16.7 Å². The number of methoxy groups -OCH3 is 1. The van der Waals surface area contributed by atoms with Gasteiger partial charge in [0, 0.05) is 17.5 Å². The fourth-order valence-electron chi connectivity index (χ4n) is 7.74. The first kappa shape index (κ1) is 24.4. The number of ether oxygens (including phenoxy) is 3. The monoisotopic (exact) mass is 510 g/mol. The molecule has 0 amide bonds. The Morgan fingerprint density at radius 1 is 1.03 bits per heavy atom. The summed E-state index contributed by atoms with van der Waals surface area (Å²) in [6.07, 6.45) is -0.165. The summed E-state index contributed by atoms with van der Waals surface area (Å²) in [6, 6.07) is 5.82. The predicted molar refractivity (Wildman–Crippen MR) is 125 cm³/mol. The largest absolute Gasteiger partial charge is 0.462 e. The Bertz CT molecular complexity index is 968. The first-order chi connectivity index (χ1) is 16.7. The Labute approximate surface area is 210 Å². The molecule has 4 saturated carbocycles. The van der Waals surface area contributed by atoms with Crippen LogP contribution in [0.25, 0.3) is 0 Å². The standard InChI is InChI=1S/C26H35ClO8/c1-4-15-5-6-16(9-19(15)33-23-22(30)21(29)20(28)13(2)32-23)26(31-3)25(34-35-26)17-7-14-8-18(25)12-24(27,10-14)11-17/h5-6,9,13-14,17-18,20-23,28-30H,4,7-8,10-12H2,1-3H3. The third kappa shape index (κ3) is 3.31. The van der Waals surface area contributed by atoms with Crippen LogP contribution in [0.15, 0.2) is 18.2 Å². The second-order valence-corrected chi connectivity index (χ2v) is 12.1. The molecule has 4 aliphatic carbocycles. The molecule has 9 heteroatoms. The summed E-state index contributed by atoms with van der Waals surface area (Å²) < 4.78 is 18.0. The molecule has 2 saturated heterocycles. The van der Waals surface area contributed by atoms with Crippen LogP contribution in [-0.4, -0.2) is 63.6 Å². The lowest BCUT2D eigenvalue weighted by Gasteiger charge is -2.70. The zero-order chi connectivity index (χ0) is 24.8. The summed E-state index contributed by atoms with van der Waals surface area (Å²) in [4.78, 5) is 11.8. The molecule has 1 spiro atoms. The summed E-state index contributed by atoms with van der Waals surface area (Å²) in [6.45, 7) is 3.64. The highest BCUT2D eigenvalue weighted by Crippen LogP contribution is 2.71. The van der Waals surface area contributed by atoms with E-state index >= 15 is 0 Å². The van der Waals surface area contributed by atoms with Gasteiger partial charge in [-0.05, 0) is 74.8 Å². The van der Waals surface area contributed by atoms with Crippen molar-refractivity contribution in [3.63, 3.8) is 0 Å². The van der Waals surface area contributed by atoms with Gasteiger partial charge in [-0.25, -0.2) is 4.89 Å². The molecule has 3 N–H and O–H groups in total. The highest BCUT2D eigenvalue weighted by atomic mass is 35.5. The molecule has 2 heterocycles. The minimum atomic E-state index is -1.40. The van der Waals surface area contributed by atoms with Crippen LogP contribution in [-0.2, 0) is 31.5 Å². The van der Waals surface area contributed by atoms with Crippen LogP contribution in [0, 0.1) is 17.8 Å². The Balaban J connectivity index is 1.35. The summed E-state index contributed by atoms with van der Waals surface area (Å²) in [5.41, 5.74) is 1.06. The Morgan fingerprint density at radius 2 is 1.74 bits per heavy atom. The first-order valence-electron chi connectivity index (χ1n) is 12.8. The number of alkyl halides is 1. The van der Waals surface area contributed by atoms with Crippen molar-refractivity contribution in [2.24, 2.45) is 17.8 Å². The minimum Gasteiger partial charge on any atom is -0.462 e. The Hall–Kier alpha value is -0.970. The summed E-state index contributed by atoms with van der Waals surface area (Å²) in [5.74, 6) is 0.490. The van der Waals surface area contributed by atoms with Crippen molar-refractivity contribution < 1.29 is 39.3 Å². The van der Waals surface area contributed by atoms with Gasteiger partial charge in [0.1, 0.15) is 24.1 Å². The van der Waals surface area contributed by atoms with Crippen LogP contribution in [0.1, 0.15) is 57.1 Å². The van der Waals surface area contributed by atoms with Gasteiger partial charge >= 0.3 is 0 Å². The average molecular weight is 511 g/mol. The van der Waals surface area contributed by atoms with Crippen LogP contribution in [0.3, 0.4) is 0 Å². The number of aryl methyl sites for hydroxylation is 1. The molecule has 194 valence electrons. The van der Waals surface area contributed by atoms with Crippen molar-refractivity contribution >= 4 is 11.6 Å². The molecule has 0 radical (unpaired) electrons. The Morgan fingerprint density at radius 3 is 2.31 bits per heavy atom. The number of rotatable bonds is 5. The third-order valence-electron chi connectivity index (χ3n) is 9.31. The van der Waals surface area contributed by atoms with Gasteiger partial charge in [0.15, 0.2) is 5.60 Å². The van der Waals surface area contributed by atoms with Crippen LogP contribution in [0.4, 0.5) is 0 Å². The van der Waals surface area contributed by atoms with E-state index in [1.807, 2.05) is 25.1 Å². The molecule has 0 aromatic heterocycles. The van der Waals surface area contributed by atoms with Crippen molar-refractivity contribution in [2.75, 3.05) is 7.11 Å². The van der Waals surface area contributed by atoms with E-state index in [9.17, 15) is 15.3 Å². The number of halogens is 1. The maximum absolute atomic E-state index is 10.5. The van der Waals surface area contributed by atoms with Gasteiger partial charge in [0.2, 0.25) is 6.29 Å². The lowest BCUT2D eigenvalue weighted by Crippen LogP contribution is -2.78. The molecule has 4 bridgehead atoms. The summed E-state index contributed by atoms with van der Waals surface area (Å²) in [5, 5.41) is 30.8. The van der Waals surface area contributed by atoms with Gasteiger partial charge in [-0.2, -0.15) is 4.89 Å². The van der Waals surface area contributed by atoms with Crippen LogP contribution in [0.5, 0.6) is 5.75 Å². The molecule has 6 fully saturated rings. The molecule has 7 rings (SSSR count). The molecular weight excluding hydrogens is 476 g/mol. The summed E-state index contributed by atoms with van der Waals surface area (Å²) >= 11 is 7.01. The normalized spacial score (nSPS) is 50.4. The molecule has 1 aromatic carbocycles. The van der Waals surface area contributed by atoms with E-state index in [0.717, 1.165) is 43.2 Å². The highest BCUT2D eigenvalue weighted by Gasteiger charge is 2.78. The number of hydrogen-bond donors (Lipinski definition) is 3. The van der Waals surface area contributed by atoms with Crippen molar-refractivity contribution in [3.8, 4) is 5.75 Å². The van der Waals surface area contributed by atoms with E-state index in [1.54, 1.807) is 14.0 Å². The SMILES string of the molecule is CCc1ccc(C2(OC)OOC23C2CC4CC3CC(Cl)(C4)C2)cc1OC1OC(C)C(O)C(O)C1O. The van der Waals surface area contributed by atoms with E-state index < -0.39 is 42.1 Å². The quantitative estimate of drug-likeness (QED) is 0.410. The van der Waals surface area contributed by atoms with Crippen molar-refractivity contribution in [1.82, 2.24) is 0 Å². The molecule has 6 aliphatic rings. The van der Waals surface area contributed by atoms with Gasteiger partial charge in [-0.1, -0.05) is 19.1 Å². The maximum Gasteiger partial charge on any atom is 0.260 e.